The Morgan fingerprint density at radius 3 is 2.62 bits per heavy atom. The van der Waals surface area contributed by atoms with Crippen molar-refractivity contribution in [3.05, 3.63) is 18.2 Å². The molecule has 16 heavy (non-hydrogen) atoms. The van der Waals surface area contributed by atoms with E-state index < -0.39 is 16.1 Å². The second-order valence-corrected chi connectivity index (χ2v) is 4.89. The smallest absolute Gasteiger partial charge is 0.213 e. The number of imidazole rings is 1. The first-order valence-corrected chi connectivity index (χ1v) is 6.75. The molecule has 0 aliphatic carbocycles. The number of nitrogens with zero attached hydrogens (tertiary/aromatic N) is 1. The Kier molecular flexibility index (Phi) is 6.95. The van der Waals surface area contributed by atoms with E-state index in [4.69, 9.17) is 0 Å². The normalized spacial score (nSPS) is 12.8. The zero-order valence-electron chi connectivity index (χ0n) is 9.77. The number of aromatic nitrogens is 2. The monoisotopic (exact) mass is 249 g/mol. The molecule has 0 aromatic carbocycles. The number of nitrogens with one attached hydrogen (secondary N) is 2. The number of hydrogen-bond acceptors (Lipinski definition) is 4. The standard InChI is InChI=1S/C7H13N3O3S.C2H6/c1-8-14(12,13)4-7(11)2-6-3-9-5-10-6;1-2/h3,5,7-8,11H,2,4H2,1H3,(H,9,10);1-2H3. The van der Waals surface area contributed by atoms with Crippen LogP contribution in [0.15, 0.2) is 12.5 Å². The van der Waals surface area contributed by atoms with Gasteiger partial charge in [0.15, 0.2) is 0 Å². The maximum atomic E-state index is 11.0. The number of aliphatic hydroxyl groups excluding tert-OH is 1. The molecule has 0 bridgehead atoms. The molecular formula is C9H19N3O3S. The predicted molar refractivity (Wildman–Crippen MR) is 62.5 cm³/mol. The Labute approximate surface area is 96.2 Å². The molecule has 0 saturated heterocycles. The van der Waals surface area contributed by atoms with E-state index in [1.807, 2.05) is 13.8 Å². The Morgan fingerprint density at radius 1 is 1.56 bits per heavy atom. The first-order valence-electron chi connectivity index (χ1n) is 5.10. The van der Waals surface area contributed by atoms with Crippen LogP contribution in [0, 0.1) is 0 Å². The minimum absolute atomic E-state index is 0.251. The molecule has 0 radical (unpaired) electrons. The van der Waals surface area contributed by atoms with Crippen LogP contribution in [0.4, 0.5) is 0 Å². The number of H-pyrrole nitrogens is 1. The predicted octanol–water partition coefficient (Wildman–Crippen LogP) is -0.111. The van der Waals surface area contributed by atoms with Crippen molar-refractivity contribution < 1.29 is 13.5 Å². The lowest BCUT2D eigenvalue weighted by Gasteiger charge is -2.08. The fourth-order valence-electron chi connectivity index (χ4n) is 1.05. The third-order valence-electron chi connectivity index (χ3n) is 1.73. The molecule has 0 amide bonds. The van der Waals surface area contributed by atoms with Crippen LogP contribution in [0.5, 0.6) is 0 Å². The van der Waals surface area contributed by atoms with E-state index in [0.717, 1.165) is 0 Å². The molecule has 7 heteroatoms. The van der Waals surface area contributed by atoms with Crippen molar-refractivity contribution in [3.8, 4) is 0 Å². The molecule has 1 atom stereocenters. The third kappa shape index (κ3) is 5.84. The van der Waals surface area contributed by atoms with E-state index in [2.05, 4.69) is 14.7 Å². The molecule has 1 heterocycles. The Hall–Kier alpha value is -0.920. The van der Waals surface area contributed by atoms with Gasteiger partial charge in [-0.1, -0.05) is 13.8 Å². The highest BCUT2D eigenvalue weighted by Crippen LogP contribution is 2.00. The summed E-state index contributed by atoms with van der Waals surface area (Å²) < 4.78 is 24.2. The van der Waals surface area contributed by atoms with E-state index in [0.29, 0.717) is 5.69 Å². The average molecular weight is 249 g/mol. The number of sulfonamides is 1. The number of rotatable bonds is 5. The van der Waals surface area contributed by atoms with Gasteiger partial charge in [0, 0.05) is 18.3 Å². The molecule has 0 aliphatic rings. The second-order valence-electron chi connectivity index (χ2n) is 2.92. The number of aromatic amines is 1. The van der Waals surface area contributed by atoms with Gasteiger partial charge in [0.2, 0.25) is 10.0 Å². The van der Waals surface area contributed by atoms with Crippen molar-refractivity contribution in [3.63, 3.8) is 0 Å². The van der Waals surface area contributed by atoms with Gasteiger partial charge in [-0.15, -0.1) is 0 Å². The minimum atomic E-state index is -3.36. The zero-order chi connectivity index (χ0) is 12.6. The van der Waals surface area contributed by atoms with Crippen LogP contribution in [-0.2, 0) is 16.4 Å². The van der Waals surface area contributed by atoms with E-state index in [-0.39, 0.29) is 12.2 Å². The van der Waals surface area contributed by atoms with E-state index in [1.54, 1.807) is 6.20 Å². The lowest BCUT2D eigenvalue weighted by atomic mass is 10.2. The van der Waals surface area contributed by atoms with Crippen molar-refractivity contribution >= 4 is 10.0 Å². The summed E-state index contributed by atoms with van der Waals surface area (Å²) >= 11 is 0. The molecule has 0 aliphatic heterocycles. The highest BCUT2D eigenvalue weighted by molar-refractivity contribution is 7.89. The topological polar surface area (TPSA) is 95.1 Å². The van der Waals surface area contributed by atoms with Gasteiger partial charge in [0.05, 0.1) is 18.2 Å². The van der Waals surface area contributed by atoms with Gasteiger partial charge in [0.1, 0.15) is 0 Å². The summed E-state index contributed by atoms with van der Waals surface area (Å²) in [5, 5.41) is 9.42. The van der Waals surface area contributed by atoms with Gasteiger partial charge in [-0.2, -0.15) is 0 Å². The van der Waals surface area contributed by atoms with Crippen LogP contribution in [-0.4, -0.2) is 42.4 Å². The van der Waals surface area contributed by atoms with Crippen LogP contribution < -0.4 is 4.72 Å². The van der Waals surface area contributed by atoms with E-state index in [9.17, 15) is 13.5 Å². The largest absolute Gasteiger partial charge is 0.392 e. The Morgan fingerprint density at radius 2 is 2.19 bits per heavy atom. The van der Waals surface area contributed by atoms with Crippen LogP contribution in [0.3, 0.4) is 0 Å². The molecule has 94 valence electrons. The van der Waals surface area contributed by atoms with Crippen LogP contribution in [0.25, 0.3) is 0 Å². The molecule has 3 N–H and O–H groups in total. The molecular weight excluding hydrogens is 230 g/mol. The first-order chi connectivity index (χ1) is 7.53. The van der Waals surface area contributed by atoms with Gasteiger partial charge < -0.3 is 10.1 Å². The molecule has 6 nitrogen and oxygen atoms in total. The second kappa shape index (κ2) is 7.37. The average Bonchev–Trinajstić information content (AvgIpc) is 2.72. The molecule has 1 aromatic rings. The first kappa shape index (κ1) is 15.1. The molecule has 1 rings (SSSR count). The van der Waals surface area contributed by atoms with Gasteiger partial charge >= 0.3 is 0 Å². The van der Waals surface area contributed by atoms with Crippen LogP contribution in [0.2, 0.25) is 0 Å². The fraction of sp³-hybridized carbons (Fsp3) is 0.667. The van der Waals surface area contributed by atoms with Gasteiger partial charge in [-0.05, 0) is 7.05 Å². The maximum Gasteiger partial charge on any atom is 0.213 e. The summed E-state index contributed by atoms with van der Waals surface area (Å²) in [6.45, 7) is 4.00. The quantitative estimate of drug-likeness (QED) is 0.678. The van der Waals surface area contributed by atoms with Crippen molar-refractivity contribution in [1.29, 1.82) is 0 Å². The summed E-state index contributed by atoms with van der Waals surface area (Å²) in [5.41, 5.74) is 0.712. The molecule has 1 unspecified atom stereocenters. The van der Waals surface area contributed by atoms with Crippen molar-refractivity contribution in [2.24, 2.45) is 0 Å². The lowest BCUT2D eigenvalue weighted by molar-refractivity contribution is 0.196. The highest BCUT2D eigenvalue weighted by Gasteiger charge is 2.15. The molecule has 0 spiro atoms. The van der Waals surface area contributed by atoms with Crippen molar-refractivity contribution in [1.82, 2.24) is 14.7 Å². The molecule has 0 saturated carbocycles. The molecule has 1 aromatic heterocycles. The van der Waals surface area contributed by atoms with Gasteiger partial charge in [-0.3, -0.25) is 0 Å². The summed E-state index contributed by atoms with van der Waals surface area (Å²) in [6, 6.07) is 0. The van der Waals surface area contributed by atoms with Crippen molar-refractivity contribution in [2.45, 2.75) is 26.4 Å². The van der Waals surface area contributed by atoms with Gasteiger partial charge in [0.25, 0.3) is 0 Å². The lowest BCUT2D eigenvalue weighted by Crippen LogP contribution is -2.30. The highest BCUT2D eigenvalue weighted by atomic mass is 32.2. The Balaban J connectivity index is 0.00000106. The molecule has 0 fully saturated rings. The summed E-state index contributed by atoms with van der Waals surface area (Å²) in [6.07, 6.45) is 2.36. The minimum Gasteiger partial charge on any atom is -0.392 e. The Bertz CT molecular complexity index is 361. The van der Waals surface area contributed by atoms with E-state index >= 15 is 0 Å². The zero-order valence-corrected chi connectivity index (χ0v) is 10.6. The van der Waals surface area contributed by atoms with Crippen molar-refractivity contribution in [2.75, 3.05) is 12.8 Å². The summed E-state index contributed by atoms with van der Waals surface area (Å²) in [5.74, 6) is -0.303. The fourth-order valence-corrected chi connectivity index (χ4v) is 1.84. The summed E-state index contributed by atoms with van der Waals surface area (Å²) in [7, 11) is -2.04. The maximum absolute atomic E-state index is 11.0. The van der Waals surface area contributed by atoms with Gasteiger partial charge in [-0.25, -0.2) is 18.1 Å². The summed E-state index contributed by atoms with van der Waals surface area (Å²) in [4.78, 5) is 6.55. The number of hydrogen-bond donors (Lipinski definition) is 3. The van der Waals surface area contributed by atoms with Crippen LogP contribution in [0.1, 0.15) is 19.5 Å². The van der Waals surface area contributed by atoms with E-state index in [1.165, 1.54) is 13.4 Å². The SMILES string of the molecule is CC.CNS(=O)(=O)CC(O)Cc1cnc[nH]1. The van der Waals surface area contributed by atoms with Crippen LogP contribution >= 0.6 is 0 Å². The number of aliphatic hydroxyl groups is 1. The third-order valence-corrected chi connectivity index (χ3v) is 3.18.